The Morgan fingerprint density at radius 3 is 2.43 bits per heavy atom. The summed E-state index contributed by atoms with van der Waals surface area (Å²) in [6, 6.07) is 2.49. The summed E-state index contributed by atoms with van der Waals surface area (Å²) in [5.41, 5.74) is 6.35. The number of nitriles is 1. The van der Waals surface area contributed by atoms with Gasteiger partial charge in [0.05, 0.1) is 6.07 Å². The first-order valence-corrected chi connectivity index (χ1v) is 9.52. The quantitative estimate of drug-likeness (QED) is 0.700. The first-order chi connectivity index (χ1) is 9.82. The topological polar surface area (TPSA) is 85.4 Å². The number of nitrogens with one attached hydrogen (secondary N) is 1. The van der Waals surface area contributed by atoms with Crippen LogP contribution in [-0.2, 0) is 4.57 Å². The summed E-state index contributed by atoms with van der Waals surface area (Å²) in [6.07, 6.45) is 2.38. The molecule has 21 heavy (non-hydrogen) atoms. The van der Waals surface area contributed by atoms with Crippen LogP contribution < -0.4 is 10.8 Å². The van der Waals surface area contributed by atoms with Crippen LogP contribution in [0.2, 0.25) is 0 Å². The maximum Gasteiger partial charge on any atom is 0.282 e. The number of nitrogens with two attached hydrogens (primary N) is 1. The van der Waals surface area contributed by atoms with Crippen molar-refractivity contribution < 1.29 is 4.57 Å². The minimum atomic E-state index is -3.15. The third-order valence-corrected chi connectivity index (χ3v) is 6.75. The molecule has 0 aromatic carbocycles. The van der Waals surface area contributed by atoms with Crippen LogP contribution in [0.4, 0.5) is 0 Å². The molecule has 1 rings (SSSR count). The highest BCUT2D eigenvalue weighted by Crippen LogP contribution is 2.50. The second kappa shape index (κ2) is 8.26. The average Bonchev–Trinajstić information content (AvgIpc) is 2.38. The zero-order valence-electron chi connectivity index (χ0n) is 13.7. The van der Waals surface area contributed by atoms with Crippen molar-refractivity contribution in [2.24, 2.45) is 5.50 Å². The molecule has 0 spiro atoms. The molecule has 0 amide bonds. The normalized spacial score (nSPS) is 22.8. The molecule has 1 aliphatic heterocycles. The van der Waals surface area contributed by atoms with E-state index in [9.17, 15) is 4.57 Å². The van der Waals surface area contributed by atoms with E-state index in [4.69, 9.17) is 10.8 Å². The second-order valence-corrected chi connectivity index (χ2v) is 8.38. The molecule has 0 saturated carbocycles. The predicted molar refractivity (Wildman–Crippen MR) is 86.7 cm³/mol. The lowest BCUT2D eigenvalue weighted by atomic mass is 10.1. The van der Waals surface area contributed by atoms with Crippen LogP contribution in [0.25, 0.3) is 0 Å². The summed E-state index contributed by atoms with van der Waals surface area (Å²) in [4.78, 5) is 0. The van der Waals surface area contributed by atoms with Crippen molar-refractivity contribution >= 4 is 7.59 Å². The van der Waals surface area contributed by atoms with Crippen molar-refractivity contribution in [1.29, 1.82) is 5.26 Å². The Morgan fingerprint density at radius 2 is 2.00 bits per heavy atom. The van der Waals surface area contributed by atoms with E-state index in [0.29, 0.717) is 13.0 Å². The third-order valence-electron chi connectivity index (χ3n) is 3.90. The summed E-state index contributed by atoms with van der Waals surface area (Å²) < 4.78 is 17.2. The van der Waals surface area contributed by atoms with Crippen LogP contribution in [-0.4, -0.2) is 47.1 Å². The lowest BCUT2D eigenvalue weighted by molar-refractivity contribution is 0.216. The van der Waals surface area contributed by atoms with Gasteiger partial charge >= 0.3 is 0 Å². The molecule has 1 fully saturated rings. The molecule has 7 heteroatoms. The van der Waals surface area contributed by atoms with Gasteiger partial charge in [-0.15, -0.1) is 0 Å². The van der Waals surface area contributed by atoms with Crippen LogP contribution in [0.5, 0.6) is 0 Å². The lowest BCUT2D eigenvalue weighted by Crippen LogP contribution is -2.51. The molecule has 0 aromatic rings. The number of nitrogens with zero attached hydrogens (tertiary/aromatic N) is 3. The van der Waals surface area contributed by atoms with E-state index in [1.54, 1.807) is 0 Å². The van der Waals surface area contributed by atoms with Gasteiger partial charge in [-0.05, 0) is 47.1 Å². The van der Waals surface area contributed by atoms with E-state index >= 15 is 0 Å². The first kappa shape index (κ1) is 18.6. The van der Waals surface area contributed by atoms with Gasteiger partial charge in [0.15, 0.2) is 0 Å². The summed E-state index contributed by atoms with van der Waals surface area (Å²) >= 11 is 0. The van der Waals surface area contributed by atoms with Crippen LogP contribution in [0, 0.1) is 11.3 Å². The van der Waals surface area contributed by atoms with Crippen LogP contribution in [0.1, 0.15) is 47.0 Å². The van der Waals surface area contributed by atoms with Gasteiger partial charge in [0.1, 0.15) is 0 Å². The number of rotatable bonds is 7. The average molecular weight is 315 g/mol. The molecule has 0 aromatic heterocycles. The van der Waals surface area contributed by atoms with E-state index in [2.05, 4.69) is 11.4 Å². The molecule has 122 valence electrons. The summed E-state index contributed by atoms with van der Waals surface area (Å²) in [5, 5.41) is 12.2. The van der Waals surface area contributed by atoms with E-state index in [1.807, 2.05) is 37.0 Å². The molecular weight excluding hydrogens is 285 g/mol. The molecule has 2 atom stereocenters. The van der Waals surface area contributed by atoms with Crippen molar-refractivity contribution in [3.8, 4) is 6.07 Å². The molecule has 1 aliphatic rings. The standard InChI is InChI=1S/C14H30N5OP/c1-12(2)19(13(3)4)21(16,20)18(10-6-8-15)14-7-5-9-17-11-14/h12-14,17H,5-7,9-11H2,1-4H3,(H2,16,20). The zero-order chi connectivity index (χ0) is 16.0. The van der Waals surface area contributed by atoms with Gasteiger partial charge in [0, 0.05) is 37.6 Å². The molecule has 0 aliphatic carbocycles. The Kier molecular flexibility index (Phi) is 7.32. The molecule has 2 unspecified atom stereocenters. The van der Waals surface area contributed by atoms with E-state index in [0.717, 1.165) is 25.9 Å². The lowest BCUT2D eigenvalue weighted by Gasteiger charge is -2.45. The Balaban J connectivity index is 3.03. The summed E-state index contributed by atoms with van der Waals surface area (Å²) in [5.74, 6) is 0. The largest absolute Gasteiger partial charge is 0.315 e. The predicted octanol–water partition coefficient (Wildman–Crippen LogP) is 2.14. The fourth-order valence-corrected chi connectivity index (χ4v) is 5.84. The van der Waals surface area contributed by atoms with Gasteiger partial charge in [0.25, 0.3) is 7.59 Å². The smallest absolute Gasteiger partial charge is 0.282 e. The maximum absolute atomic E-state index is 13.4. The molecule has 1 heterocycles. The maximum atomic E-state index is 13.4. The highest BCUT2D eigenvalue weighted by Gasteiger charge is 2.40. The third kappa shape index (κ3) is 4.77. The summed E-state index contributed by atoms with van der Waals surface area (Å²) in [7, 11) is -3.15. The van der Waals surface area contributed by atoms with Crippen LogP contribution in [0.3, 0.4) is 0 Å². The Labute approximate surface area is 129 Å². The minimum absolute atomic E-state index is 0.0990. The van der Waals surface area contributed by atoms with Gasteiger partial charge in [-0.25, -0.2) is 9.34 Å². The van der Waals surface area contributed by atoms with Gasteiger partial charge in [-0.1, -0.05) is 0 Å². The molecular formula is C14H30N5OP. The van der Waals surface area contributed by atoms with E-state index < -0.39 is 7.59 Å². The molecule has 0 radical (unpaired) electrons. The highest BCUT2D eigenvalue weighted by atomic mass is 31.2. The van der Waals surface area contributed by atoms with Gasteiger partial charge in [-0.2, -0.15) is 5.26 Å². The Morgan fingerprint density at radius 1 is 1.38 bits per heavy atom. The number of hydrogen-bond donors (Lipinski definition) is 2. The SMILES string of the molecule is CC(C)N(C(C)C)P(N)(=O)N(CCC#N)C1CCCNC1. The van der Waals surface area contributed by atoms with Crippen molar-refractivity contribution in [3.63, 3.8) is 0 Å². The second-order valence-electron chi connectivity index (χ2n) is 6.23. The van der Waals surface area contributed by atoms with Crippen molar-refractivity contribution in [2.75, 3.05) is 19.6 Å². The van der Waals surface area contributed by atoms with Crippen LogP contribution in [0.15, 0.2) is 0 Å². The summed E-state index contributed by atoms with van der Waals surface area (Å²) in [6.45, 7) is 10.3. The Bertz CT molecular complexity index is 393. The van der Waals surface area contributed by atoms with Crippen molar-refractivity contribution in [2.45, 2.75) is 65.1 Å². The molecule has 3 N–H and O–H groups in total. The zero-order valence-corrected chi connectivity index (χ0v) is 14.6. The monoisotopic (exact) mass is 315 g/mol. The number of hydrogen-bond acceptors (Lipinski definition) is 3. The number of piperidine rings is 1. The molecule has 0 bridgehead atoms. The Hall–Kier alpha value is -0.440. The van der Waals surface area contributed by atoms with E-state index in [-0.39, 0.29) is 18.1 Å². The molecule has 1 saturated heterocycles. The fraction of sp³-hybridized carbons (Fsp3) is 0.929. The fourth-order valence-electron chi connectivity index (χ4n) is 3.20. The minimum Gasteiger partial charge on any atom is -0.315 e. The van der Waals surface area contributed by atoms with Crippen molar-refractivity contribution in [3.05, 3.63) is 0 Å². The van der Waals surface area contributed by atoms with Gasteiger partial charge in [-0.3, -0.25) is 10.1 Å². The first-order valence-electron chi connectivity index (χ1n) is 7.84. The highest BCUT2D eigenvalue weighted by molar-refractivity contribution is 7.56. The van der Waals surface area contributed by atoms with Gasteiger partial charge in [0.2, 0.25) is 0 Å². The van der Waals surface area contributed by atoms with Crippen molar-refractivity contribution in [1.82, 2.24) is 14.7 Å². The van der Waals surface area contributed by atoms with Crippen LogP contribution >= 0.6 is 7.59 Å². The van der Waals surface area contributed by atoms with Gasteiger partial charge < -0.3 is 5.32 Å². The van der Waals surface area contributed by atoms with E-state index in [1.165, 1.54) is 0 Å². The molecule has 6 nitrogen and oxygen atoms in total.